The summed E-state index contributed by atoms with van der Waals surface area (Å²) in [5.41, 5.74) is 8.73. The van der Waals surface area contributed by atoms with Crippen molar-refractivity contribution < 1.29 is 24.7 Å². The van der Waals surface area contributed by atoms with Crippen molar-refractivity contribution in [2.45, 2.75) is 38.8 Å². The molecule has 23 heavy (non-hydrogen) atoms. The van der Waals surface area contributed by atoms with Crippen LogP contribution in [0.2, 0.25) is 0 Å². The number of quaternary nitrogens is 1. The molecule has 2 unspecified atom stereocenters. The van der Waals surface area contributed by atoms with Gasteiger partial charge < -0.3 is 25.7 Å². The van der Waals surface area contributed by atoms with Gasteiger partial charge in [-0.2, -0.15) is 4.98 Å². The highest BCUT2D eigenvalue weighted by Crippen LogP contribution is 2.20. The molecular formula is C14H23N4O5+. The largest absolute Gasteiger partial charge is 0.456 e. The predicted molar refractivity (Wildman–Crippen MR) is 79.9 cm³/mol. The van der Waals surface area contributed by atoms with Crippen molar-refractivity contribution in [2.24, 2.45) is 5.92 Å². The van der Waals surface area contributed by atoms with Crippen LogP contribution in [0.15, 0.2) is 17.1 Å². The van der Waals surface area contributed by atoms with E-state index in [1.807, 2.05) is 13.8 Å². The lowest BCUT2D eigenvalue weighted by molar-refractivity contribution is -0.420. The van der Waals surface area contributed by atoms with Crippen molar-refractivity contribution in [3.8, 4) is 0 Å². The summed E-state index contributed by atoms with van der Waals surface area (Å²) in [7, 11) is 0. The van der Waals surface area contributed by atoms with Crippen LogP contribution in [0.3, 0.4) is 0 Å². The summed E-state index contributed by atoms with van der Waals surface area (Å²) in [6, 6.07) is 1.07. The Morgan fingerprint density at radius 3 is 3.04 bits per heavy atom. The predicted octanol–water partition coefficient (Wildman–Crippen LogP) is -1.10. The number of nitrogen functional groups attached to an aromatic ring is 1. The van der Waals surface area contributed by atoms with Crippen LogP contribution >= 0.6 is 0 Å². The lowest BCUT2D eigenvalue weighted by Gasteiger charge is -2.16. The Hall–Kier alpha value is -1.97. The zero-order valence-electron chi connectivity index (χ0n) is 13.3. The Labute approximate surface area is 133 Å². The highest BCUT2D eigenvalue weighted by molar-refractivity contribution is 5.74. The molecular weight excluding hydrogens is 304 g/mol. The summed E-state index contributed by atoms with van der Waals surface area (Å²) >= 11 is 0. The first-order valence-electron chi connectivity index (χ1n) is 7.53. The van der Waals surface area contributed by atoms with Gasteiger partial charge >= 0.3 is 11.7 Å². The summed E-state index contributed by atoms with van der Waals surface area (Å²) in [4.78, 5) is 27.2. The summed E-state index contributed by atoms with van der Waals surface area (Å²) in [5.74, 6) is -0.108. The van der Waals surface area contributed by atoms with Gasteiger partial charge in [0.1, 0.15) is 12.4 Å². The Kier molecular flexibility index (Phi) is 5.69. The Morgan fingerprint density at radius 2 is 2.39 bits per heavy atom. The van der Waals surface area contributed by atoms with Gasteiger partial charge in [-0.05, 0) is 12.5 Å². The first kappa shape index (κ1) is 17.4. The van der Waals surface area contributed by atoms with Crippen LogP contribution in [-0.2, 0) is 19.0 Å². The van der Waals surface area contributed by atoms with Crippen molar-refractivity contribution in [1.29, 1.82) is 0 Å². The van der Waals surface area contributed by atoms with Gasteiger partial charge in [-0.3, -0.25) is 4.57 Å². The van der Waals surface area contributed by atoms with E-state index in [9.17, 15) is 9.59 Å². The number of rotatable bonds is 6. The van der Waals surface area contributed by atoms with Crippen LogP contribution in [0.5, 0.6) is 0 Å². The van der Waals surface area contributed by atoms with E-state index in [2.05, 4.69) is 10.7 Å². The molecule has 1 fully saturated rings. The molecule has 128 valence electrons. The van der Waals surface area contributed by atoms with Crippen molar-refractivity contribution in [2.75, 3.05) is 18.9 Å². The fraction of sp³-hybridized carbons (Fsp3) is 0.643. The van der Waals surface area contributed by atoms with E-state index in [0.717, 1.165) is 6.42 Å². The molecule has 1 aliphatic heterocycles. The van der Waals surface area contributed by atoms with Crippen LogP contribution in [0, 0.1) is 5.92 Å². The number of nitrogens with zero attached hydrogens (tertiary/aromatic N) is 2. The van der Waals surface area contributed by atoms with Gasteiger partial charge in [0.05, 0.1) is 6.61 Å². The summed E-state index contributed by atoms with van der Waals surface area (Å²) < 4.78 is 17.4. The molecule has 0 bridgehead atoms. The van der Waals surface area contributed by atoms with E-state index < -0.39 is 24.2 Å². The number of aromatic nitrogens is 2. The second kappa shape index (κ2) is 7.53. The molecule has 1 saturated heterocycles. The Balaban J connectivity index is 1.86. The number of nitrogens with two attached hydrogens (primary N) is 1. The first-order chi connectivity index (χ1) is 10.9. The van der Waals surface area contributed by atoms with Gasteiger partial charge in [-0.25, -0.2) is 9.59 Å². The van der Waals surface area contributed by atoms with Gasteiger partial charge in [-0.1, -0.05) is 13.8 Å². The van der Waals surface area contributed by atoms with E-state index in [0.29, 0.717) is 0 Å². The molecule has 0 spiro atoms. The summed E-state index contributed by atoms with van der Waals surface area (Å²) in [6.07, 6.45) is 0.985. The lowest BCUT2D eigenvalue weighted by Crippen LogP contribution is -2.68. The molecule has 9 heteroatoms. The molecule has 1 aromatic rings. The summed E-state index contributed by atoms with van der Waals surface area (Å²) in [5, 5.41) is 0. The van der Waals surface area contributed by atoms with Gasteiger partial charge in [-0.15, -0.1) is 0 Å². The van der Waals surface area contributed by atoms with Crippen LogP contribution < -0.4 is 17.2 Å². The minimum absolute atomic E-state index is 0.0467. The maximum absolute atomic E-state index is 11.9. The molecule has 0 saturated carbocycles. The number of carbonyl (C=O) groups is 1. The second-order valence-corrected chi connectivity index (χ2v) is 5.52. The third-order valence-corrected chi connectivity index (χ3v) is 3.89. The van der Waals surface area contributed by atoms with Gasteiger partial charge in [0, 0.05) is 12.1 Å². The fourth-order valence-corrected chi connectivity index (χ4v) is 2.10. The van der Waals surface area contributed by atoms with Crippen LogP contribution in [0.4, 0.5) is 5.82 Å². The van der Waals surface area contributed by atoms with E-state index in [1.165, 1.54) is 16.8 Å². The number of esters is 1. The maximum Gasteiger partial charge on any atom is 0.365 e. The zero-order chi connectivity index (χ0) is 17.0. The van der Waals surface area contributed by atoms with E-state index >= 15 is 0 Å². The van der Waals surface area contributed by atoms with Gasteiger partial charge in [0.15, 0.2) is 18.6 Å². The molecule has 2 heterocycles. The quantitative estimate of drug-likeness (QED) is 0.633. The highest BCUT2D eigenvalue weighted by Gasteiger charge is 2.31. The number of carbonyl (C=O) groups excluding carboxylic acids is 1. The molecule has 1 aliphatic rings. The SMILES string of the molecule is CCC(C)C([NH3+])C(=O)OC[C@@H]1OC[C@H](n2ccc(N)nc2=O)O1. The van der Waals surface area contributed by atoms with Gasteiger partial charge in [0.2, 0.25) is 0 Å². The molecule has 9 nitrogen and oxygen atoms in total. The third kappa shape index (κ3) is 4.27. The van der Waals surface area contributed by atoms with Crippen molar-refractivity contribution >= 4 is 11.8 Å². The van der Waals surface area contributed by atoms with E-state index in [4.69, 9.17) is 19.9 Å². The van der Waals surface area contributed by atoms with Crippen molar-refractivity contribution in [3.05, 3.63) is 22.7 Å². The number of hydrogen-bond acceptors (Lipinski definition) is 7. The topological polar surface area (TPSA) is 133 Å². The molecule has 1 aromatic heterocycles. The first-order valence-corrected chi connectivity index (χ1v) is 7.53. The average Bonchev–Trinajstić information content (AvgIpc) is 2.99. The highest BCUT2D eigenvalue weighted by atomic mass is 16.7. The Morgan fingerprint density at radius 1 is 1.65 bits per heavy atom. The average molecular weight is 327 g/mol. The standard InChI is InChI=1S/C14H22N4O5/c1-3-8(2)12(16)13(19)22-7-11-21-6-10(23-11)18-5-4-9(15)17-14(18)20/h4-5,8,10-12H,3,6-7,16H2,1-2H3,(H2,15,17,20)/p+1/t8?,10-,11-,12?/m1/s1. The monoisotopic (exact) mass is 327 g/mol. The van der Waals surface area contributed by atoms with Crippen molar-refractivity contribution in [1.82, 2.24) is 9.55 Å². The molecule has 0 aliphatic carbocycles. The van der Waals surface area contributed by atoms with Crippen LogP contribution in [0.1, 0.15) is 26.5 Å². The smallest absolute Gasteiger partial charge is 0.365 e. The van der Waals surface area contributed by atoms with E-state index in [1.54, 1.807) is 0 Å². The maximum atomic E-state index is 11.9. The third-order valence-electron chi connectivity index (χ3n) is 3.89. The molecule has 5 N–H and O–H groups in total. The molecule has 0 radical (unpaired) electrons. The normalized spacial score (nSPS) is 23.4. The van der Waals surface area contributed by atoms with Crippen LogP contribution in [0.25, 0.3) is 0 Å². The number of hydrogen-bond donors (Lipinski definition) is 2. The van der Waals surface area contributed by atoms with Gasteiger partial charge in [0.25, 0.3) is 0 Å². The second-order valence-electron chi connectivity index (χ2n) is 5.52. The molecule has 0 aromatic carbocycles. The van der Waals surface area contributed by atoms with Crippen LogP contribution in [-0.4, -0.2) is 41.1 Å². The molecule has 2 rings (SSSR count). The summed E-state index contributed by atoms with van der Waals surface area (Å²) in [6.45, 7) is 4.04. The van der Waals surface area contributed by atoms with Crippen molar-refractivity contribution in [3.63, 3.8) is 0 Å². The van der Waals surface area contributed by atoms with E-state index in [-0.39, 0.29) is 30.9 Å². The molecule has 4 atom stereocenters. The fourth-order valence-electron chi connectivity index (χ4n) is 2.10. The Bertz CT molecular complexity index is 605. The lowest BCUT2D eigenvalue weighted by atomic mass is 10.0. The number of ether oxygens (including phenoxy) is 3. The number of anilines is 1. The minimum Gasteiger partial charge on any atom is -0.456 e. The molecule has 0 amide bonds. The zero-order valence-corrected chi connectivity index (χ0v) is 13.3. The minimum atomic E-state index is -0.725.